The van der Waals surface area contributed by atoms with Gasteiger partial charge in [0.25, 0.3) is 0 Å². The second-order valence-electron chi connectivity index (χ2n) is 9.91. The number of ether oxygens (including phenoxy) is 1. The van der Waals surface area contributed by atoms with Crippen LogP contribution in [0.5, 0.6) is 0 Å². The van der Waals surface area contributed by atoms with Gasteiger partial charge in [0.15, 0.2) is 5.82 Å². The van der Waals surface area contributed by atoms with Crippen LogP contribution in [0, 0.1) is 0 Å². The molecule has 1 heterocycles. The van der Waals surface area contributed by atoms with E-state index < -0.39 is 17.3 Å². The van der Waals surface area contributed by atoms with Gasteiger partial charge in [-0.1, -0.05) is 58.0 Å². The van der Waals surface area contributed by atoms with Crippen LogP contribution in [0.1, 0.15) is 78.3 Å². The highest BCUT2D eigenvalue weighted by Gasteiger charge is 2.22. The molecule has 2 amide bonds. The molecule has 0 atom stereocenters. The Morgan fingerprint density at radius 2 is 1.79 bits per heavy atom. The number of nitrogens with zero attached hydrogens (tertiary/aromatic N) is 4. The highest BCUT2D eigenvalue weighted by molar-refractivity contribution is 6.29. The highest BCUT2D eigenvalue weighted by Crippen LogP contribution is 2.27. The summed E-state index contributed by atoms with van der Waals surface area (Å²) >= 11 is 5.77. The fraction of sp³-hybridized carbons (Fsp3) is 0.556. The first-order chi connectivity index (χ1) is 17.8. The summed E-state index contributed by atoms with van der Waals surface area (Å²) in [7, 11) is 0. The van der Waals surface area contributed by atoms with Crippen LogP contribution in [0.2, 0.25) is 0 Å². The molecule has 2 aromatic rings. The fourth-order valence-electron chi connectivity index (χ4n) is 3.50. The van der Waals surface area contributed by atoms with Gasteiger partial charge < -0.3 is 15.9 Å². The van der Waals surface area contributed by atoms with Crippen molar-refractivity contribution < 1.29 is 14.3 Å². The zero-order valence-electron chi connectivity index (χ0n) is 23.9. The Morgan fingerprint density at radius 3 is 2.21 bits per heavy atom. The van der Waals surface area contributed by atoms with Gasteiger partial charge in [-0.3, -0.25) is 9.69 Å². The Hall–Kier alpha value is -3.11. The Bertz CT molecular complexity index is 1130. The van der Waals surface area contributed by atoms with Crippen LogP contribution in [0.25, 0.3) is 0 Å². The largest absolute Gasteiger partial charge is 0.373 e. The molecule has 0 fully saturated rings. The number of halogens is 1. The molecule has 2 rings (SSSR count). The van der Waals surface area contributed by atoms with Crippen molar-refractivity contribution in [3.63, 3.8) is 0 Å². The Labute approximate surface area is 230 Å². The first kappa shape index (κ1) is 32.9. The molecule has 0 aliphatic carbocycles. The summed E-state index contributed by atoms with van der Waals surface area (Å²) in [5, 5.41) is 6.57. The summed E-state index contributed by atoms with van der Waals surface area (Å²) in [4.78, 5) is 37.4. The van der Waals surface area contributed by atoms with Crippen molar-refractivity contribution in [3.05, 3.63) is 57.8 Å². The van der Waals surface area contributed by atoms with E-state index in [-0.39, 0.29) is 24.4 Å². The third-order valence-corrected chi connectivity index (χ3v) is 5.58. The van der Waals surface area contributed by atoms with E-state index in [9.17, 15) is 14.4 Å². The summed E-state index contributed by atoms with van der Waals surface area (Å²) < 4.78 is 7.22. The van der Waals surface area contributed by atoms with Gasteiger partial charge in [0.2, 0.25) is 5.91 Å². The van der Waals surface area contributed by atoms with Crippen LogP contribution in [-0.4, -0.2) is 51.2 Å². The number of nitrogens with two attached hydrogens (primary N) is 1. The monoisotopic (exact) mass is 550 g/mol. The number of allylic oxidation sites excluding steroid dienone is 1. The van der Waals surface area contributed by atoms with Crippen molar-refractivity contribution >= 4 is 29.2 Å². The van der Waals surface area contributed by atoms with Crippen LogP contribution in [0.4, 0.5) is 10.5 Å². The van der Waals surface area contributed by atoms with Crippen molar-refractivity contribution in [1.82, 2.24) is 19.8 Å². The van der Waals surface area contributed by atoms with Crippen molar-refractivity contribution in [3.8, 4) is 0 Å². The van der Waals surface area contributed by atoms with Gasteiger partial charge in [0.05, 0.1) is 12.3 Å². The molecule has 38 heavy (non-hydrogen) atoms. The third-order valence-electron chi connectivity index (χ3n) is 5.35. The van der Waals surface area contributed by atoms with E-state index in [4.69, 9.17) is 22.2 Å². The number of nitrogen functional groups attached to an aromatic ring is 1. The van der Waals surface area contributed by atoms with Crippen molar-refractivity contribution in [2.75, 3.05) is 30.0 Å². The van der Waals surface area contributed by atoms with E-state index in [0.29, 0.717) is 12.4 Å². The molecular weight excluding hydrogens is 508 g/mol. The first-order valence-corrected chi connectivity index (χ1v) is 13.3. The van der Waals surface area contributed by atoms with Crippen LogP contribution in [0.3, 0.4) is 0 Å². The maximum atomic E-state index is 12.2. The number of anilines is 1. The van der Waals surface area contributed by atoms with E-state index in [0.717, 1.165) is 39.0 Å². The normalized spacial score (nSPS) is 11.4. The Kier molecular flexibility index (Phi) is 13.3. The van der Waals surface area contributed by atoms with Gasteiger partial charge in [-0.25, -0.2) is 9.59 Å². The predicted molar refractivity (Wildman–Crippen MR) is 153 cm³/mol. The highest BCUT2D eigenvalue weighted by atomic mass is 35.5. The molecule has 10 nitrogen and oxygen atoms in total. The van der Waals surface area contributed by atoms with Gasteiger partial charge in [-0.2, -0.15) is 4.68 Å². The maximum Gasteiger partial charge on any atom is 0.373 e. The van der Waals surface area contributed by atoms with Crippen LogP contribution < -0.4 is 21.7 Å². The number of hydrogen-bond acceptors (Lipinski definition) is 6. The fourth-order valence-corrected chi connectivity index (χ4v) is 3.64. The molecule has 1 aromatic heterocycles. The zero-order valence-corrected chi connectivity index (χ0v) is 24.6. The number of nitrogens with one attached hydrogen (secondary N) is 1. The molecule has 0 aliphatic rings. The molecule has 0 spiro atoms. The van der Waals surface area contributed by atoms with Gasteiger partial charge in [-0.05, 0) is 51.7 Å². The zero-order chi connectivity index (χ0) is 29.0. The number of carbonyl (C=O) groups is 2. The van der Waals surface area contributed by atoms with Crippen LogP contribution >= 0.6 is 11.6 Å². The molecule has 0 bridgehead atoms. The van der Waals surface area contributed by atoms with Crippen molar-refractivity contribution in [2.24, 2.45) is 0 Å². The van der Waals surface area contributed by atoms with Gasteiger partial charge in [0, 0.05) is 11.5 Å². The smallest absolute Gasteiger partial charge is 0.357 e. The molecule has 11 heteroatoms. The van der Waals surface area contributed by atoms with Crippen LogP contribution in [0.15, 0.2) is 35.1 Å². The van der Waals surface area contributed by atoms with Crippen molar-refractivity contribution in [2.45, 2.75) is 79.7 Å². The SMILES string of the molecule is C/C=C\COCN(C(=O)CCl)c1c(CC)cccc1CC.CC(C)c1nn(C(=O)NC(C)(C)C)c(=O)n1N. The second-order valence-corrected chi connectivity index (χ2v) is 10.2. The number of alkyl halides is 1. The van der Waals surface area contributed by atoms with Gasteiger partial charge in [0.1, 0.15) is 12.6 Å². The van der Waals surface area contributed by atoms with Crippen LogP contribution in [-0.2, 0) is 22.4 Å². The minimum Gasteiger partial charge on any atom is -0.357 e. The summed E-state index contributed by atoms with van der Waals surface area (Å²) in [5.41, 5.74) is 2.15. The number of rotatable bonds is 9. The summed E-state index contributed by atoms with van der Waals surface area (Å²) in [6.07, 6.45) is 5.56. The third kappa shape index (κ3) is 9.33. The Balaban J connectivity index is 0.000000389. The standard InChI is InChI=1S/C17H24ClNO2.C10H19N5O2/c1-4-7-11-21-13-19(16(20)12-18)17-14(5-2)9-8-10-15(17)6-3;1-6(2)7-13-15(9(17)14(7)11)8(16)12-10(3,4)5/h4,7-10H,5-6,11-13H2,1-3H3;6H,11H2,1-5H3,(H,12,16)/b7-4-;. The summed E-state index contributed by atoms with van der Waals surface area (Å²) in [5.74, 6) is 5.71. The minimum atomic E-state index is -0.643. The number of carbonyl (C=O) groups excluding carboxylic acids is 2. The topological polar surface area (TPSA) is 124 Å². The van der Waals surface area contributed by atoms with Gasteiger partial charge >= 0.3 is 11.7 Å². The molecule has 0 aliphatic heterocycles. The minimum absolute atomic E-state index is 0.0311. The molecular formula is C27H43ClN6O4. The molecule has 0 saturated carbocycles. The average molecular weight is 551 g/mol. The lowest BCUT2D eigenvalue weighted by Crippen LogP contribution is -2.47. The summed E-state index contributed by atoms with van der Waals surface area (Å²) in [6.45, 7) is 16.0. The molecule has 1 aromatic carbocycles. The lowest BCUT2D eigenvalue weighted by atomic mass is 10.0. The molecule has 0 radical (unpaired) electrons. The van der Waals surface area contributed by atoms with E-state index in [1.807, 2.05) is 59.8 Å². The number of benzene rings is 1. The number of para-hydroxylation sites is 1. The lowest BCUT2D eigenvalue weighted by molar-refractivity contribution is -0.117. The van der Waals surface area contributed by atoms with Crippen molar-refractivity contribution in [1.29, 1.82) is 0 Å². The number of amides is 2. The van der Waals surface area contributed by atoms with E-state index in [2.05, 4.69) is 36.4 Å². The second kappa shape index (κ2) is 15.3. The van der Waals surface area contributed by atoms with Gasteiger partial charge in [-0.15, -0.1) is 21.4 Å². The molecule has 3 N–H and O–H groups in total. The lowest BCUT2D eigenvalue weighted by Gasteiger charge is -2.26. The number of aryl methyl sites for hydroxylation is 2. The predicted octanol–water partition coefficient (Wildman–Crippen LogP) is 4.17. The van der Waals surface area contributed by atoms with E-state index >= 15 is 0 Å². The Morgan fingerprint density at radius 1 is 1.21 bits per heavy atom. The number of aromatic nitrogens is 3. The number of hydrogen-bond donors (Lipinski definition) is 2. The molecule has 212 valence electrons. The van der Waals surface area contributed by atoms with E-state index in [1.165, 1.54) is 0 Å². The average Bonchev–Trinajstić information content (AvgIpc) is 3.17. The first-order valence-electron chi connectivity index (χ1n) is 12.8. The maximum absolute atomic E-state index is 12.2. The molecule has 0 saturated heterocycles. The molecule has 0 unspecified atom stereocenters. The summed E-state index contributed by atoms with van der Waals surface area (Å²) in [6, 6.07) is 5.56. The van der Waals surface area contributed by atoms with E-state index in [1.54, 1.807) is 4.90 Å². The quantitative estimate of drug-likeness (QED) is 0.159.